The number of hydrogen-bond acceptors (Lipinski definition) is 11. The Morgan fingerprint density at radius 2 is 1.74 bits per heavy atom. The molecule has 0 unspecified atom stereocenters. The summed E-state index contributed by atoms with van der Waals surface area (Å²) in [7, 11) is -1.12. The normalized spacial score (nSPS) is 13.4. The monoisotopic (exact) mass is 501 g/mol. The number of rotatable bonds is 14. The fourth-order valence-electron chi connectivity index (χ4n) is 2.95. The number of methoxy groups -OCH3 is 2. The molecule has 0 saturated carbocycles. The summed E-state index contributed by atoms with van der Waals surface area (Å²) >= 11 is 0. The molecule has 34 heavy (non-hydrogen) atoms. The van der Waals surface area contributed by atoms with E-state index in [2.05, 4.69) is 34.6 Å². The highest BCUT2D eigenvalue weighted by Crippen LogP contribution is 2.37. The number of nitrogens with zero attached hydrogens (tertiary/aromatic N) is 4. The molecule has 2 aromatic rings. The van der Waals surface area contributed by atoms with E-state index < -0.39 is 31.5 Å². The predicted molar refractivity (Wildman–Crippen MR) is 123 cm³/mol. The van der Waals surface area contributed by atoms with Crippen molar-refractivity contribution in [3.05, 3.63) is 6.33 Å². The lowest BCUT2D eigenvalue weighted by atomic mass is 10.4. The maximum Gasteiger partial charge on any atom is 0.322 e. The standard InChI is InChI=1S/C19H32N7O7P/c1-6-8-33-16-14-15(22-19(20)23-16)26(10-21-14)7-9-32-11-34(29,24-12(2)17(27)30-4)25-13(3)18(28)31-5/h10,12-13H,6-9,11H2,1-5H3,(H2,20,22,23)(H2,24,25,29)/t12-,13-/m1/s1. The van der Waals surface area contributed by atoms with Crippen LogP contribution in [0.3, 0.4) is 0 Å². The van der Waals surface area contributed by atoms with E-state index in [1.165, 1.54) is 28.1 Å². The molecule has 0 saturated heterocycles. The first-order valence-electron chi connectivity index (χ1n) is 10.6. The SMILES string of the molecule is CCCOc1nc(N)nc2c1ncn2CCOCP(=O)(N[C@H](C)C(=O)OC)N[C@H](C)C(=O)OC. The molecule has 0 amide bonds. The first kappa shape index (κ1) is 27.4. The van der Waals surface area contributed by atoms with Crippen molar-refractivity contribution in [1.82, 2.24) is 29.7 Å². The fraction of sp³-hybridized carbons (Fsp3) is 0.632. The van der Waals surface area contributed by atoms with E-state index in [4.69, 9.17) is 15.2 Å². The molecule has 0 aliphatic carbocycles. The molecule has 0 radical (unpaired) electrons. The molecule has 0 spiro atoms. The van der Waals surface area contributed by atoms with Gasteiger partial charge in [-0.1, -0.05) is 6.92 Å². The number of aromatic nitrogens is 4. The topological polar surface area (TPSA) is 182 Å². The number of anilines is 1. The number of nitrogen functional groups attached to an aromatic ring is 1. The van der Waals surface area contributed by atoms with Crippen molar-refractivity contribution in [3.8, 4) is 5.88 Å². The van der Waals surface area contributed by atoms with Crippen LogP contribution in [0.4, 0.5) is 5.95 Å². The molecule has 15 heteroatoms. The molecule has 2 heterocycles. The van der Waals surface area contributed by atoms with E-state index in [1.54, 1.807) is 10.9 Å². The lowest BCUT2D eigenvalue weighted by Gasteiger charge is -2.25. The summed E-state index contributed by atoms with van der Waals surface area (Å²) < 4.78 is 35.7. The van der Waals surface area contributed by atoms with Crippen LogP contribution in [0.15, 0.2) is 6.33 Å². The maximum absolute atomic E-state index is 13.4. The van der Waals surface area contributed by atoms with Gasteiger partial charge in [-0.25, -0.2) is 15.2 Å². The molecule has 0 aromatic carbocycles. The van der Waals surface area contributed by atoms with Gasteiger partial charge in [0.2, 0.25) is 19.3 Å². The number of carbonyl (C=O) groups is 2. The van der Waals surface area contributed by atoms with Crippen molar-refractivity contribution in [2.75, 3.05) is 39.5 Å². The third-order valence-electron chi connectivity index (χ3n) is 4.56. The Kier molecular flexibility index (Phi) is 10.2. The number of ether oxygens (including phenoxy) is 4. The lowest BCUT2D eigenvalue weighted by Crippen LogP contribution is -2.42. The van der Waals surface area contributed by atoms with Crippen LogP contribution in [0.2, 0.25) is 0 Å². The van der Waals surface area contributed by atoms with Crippen LogP contribution in [0.5, 0.6) is 5.88 Å². The van der Waals surface area contributed by atoms with E-state index in [9.17, 15) is 14.2 Å². The Hall–Kier alpha value is -2.80. The second-order valence-corrected chi connectivity index (χ2v) is 9.62. The van der Waals surface area contributed by atoms with Gasteiger partial charge in [0.25, 0.3) is 0 Å². The van der Waals surface area contributed by atoms with Crippen molar-refractivity contribution >= 4 is 36.5 Å². The van der Waals surface area contributed by atoms with E-state index >= 15 is 0 Å². The van der Waals surface area contributed by atoms with Gasteiger partial charge in [0.15, 0.2) is 11.2 Å². The van der Waals surface area contributed by atoms with Crippen LogP contribution in [0.1, 0.15) is 27.2 Å². The summed E-state index contributed by atoms with van der Waals surface area (Å²) in [4.78, 5) is 36.2. The first-order valence-corrected chi connectivity index (χ1v) is 12.5. The zero-order chi connectivity index (χ0) is 25.3. The second-order valence-electron chi connectivity index (χ2n) is 7.37. The predicted octanol–water partition coefficient (Wildman–Crippen LogP) is 0.667. The molecule has 190 valence electrons. The summed E-state index contributed by atoms with van der Waals surface area (Å²) in [5.74, 6) is -0.879. The van der Waals surface area contributed by atoms with Gasteiger partial charge < -0.3 is 29.2 Å². The molecule has 14 nitrogen and oxygen atoms in total. The third kappa shape index (κ3) is 7.35. The van der Waals surface area contributed by atoms with Gasteiger partial charge in [0, 0.05) is 6.54 Å². The van der Waals surface area contributed by atoms with E-state index in [-0.39, 0.29) is 18.9 Å². The summed E-state index contributed by atoms with van der Waals surface area (Å²) in [6.07, 6.45) is 2.03. The third-order valence-corrected chi connectivity index (χ3v) is 6.71. The van der Waals surface area contributed by atoms with Crippen molar-refractivity contribution in [3.63, 3.8) is 0 Å². The van der Waals surface area contributed by atoms with E-state index in [0.717, 1.165) is 6.42 Å². The summed E-state index contributed by atoms with van der Waals surface area (Å²) in [5.41, 5.74) is 6.74. The molecule has 0 bridgehead atoms. The zero-order valence-electron chi connectivity index (χ0n) is 19.9. The molecular formula is C19H32N7O7P. The highest BCUT2D eigenvalue weighted by atomic mass is 31.2. The molecule has 2 atom stereocenters. The second kappa shape index (κ2) is 12.6. The van der Waals surface area contributed by atoms with Gasteiger partial charge in [-0.05, 0) is 20.3 Å². The Balaban J connectivity index is 2.07. The van der Waals surface area contributed by atoms with Crippen LogP contribution >= 0.6 is 7.44 Å². The summed E-state index contributed by atoms with van der Waals surface area (Å²) in [5, 5.41) is 5.35. The van der Waals surface area contributed by atoms with Gasteiger partial charge in [0.05, 0.1) is 33.8 Å². The van der Waals surface area contributed by atoms with Crippen LogP contribution in [-0.4, -0.2) is 77.3 Å². The molecular weight excluding hydrogens is 469 g/mol. The van der Waals surface area contributed by atoms with Crippen LogP contribution in [0.25, 0.3) is 11.2 Å². The minimum absolute atomic E-state index is 0.0489. The highest BCUT2D eigenvalue weighted by molar-refractivity contribution is 7.59. The maximum atomic E-state index is 13.4. The first-order chi connectivity index (χ1) is 16.1. The van der Waals surface area contributed by atoms with E-state index in [1.807, 2.05) is 6.92 Å². The molecule has 4 N–H and O–H groups in total. The fourth-order valence-corrected chi connectivity index (χ4v) is 5.02. The number of nitrogens with two attached hydrogens (primary N) is 1. The number of nitrogens with one attached hydrogen (secondary N) is 2. The van der Waals surface area contributed by atoms with Gasteiger partial charge in [0.1, 0.15) is 18.4 Å². The molecule has 0 fully saturated rings. The largest absolute Gasteiger partial charge is 0.476 e. The molecule has 2 rings (SSSR count). The van der Waals surface area contributed by atoms with Gasteiger partial charge >= 0.3 is 11.9 Å². The summed E-state index contributed by atoms with van der Waals surface area (Å²) in [6.45, 7) is 5.83. The number of fused-ring (bicyclic) bond motifs is 1. The lowest BCUT2D eigenvalue weighted by molar-refractivity contribution is -0.142. The molecule has 0 aliphatic heterocycles. The summed E-state index contributed by atoms with van der Waals surface area (Å²) in [6, 6.07) is -1.81. The Morgan fingerprint density at radius 1 is 1.12 bits per heavy atom. The van der Waals surface area contributed by atoms with Gasteiger partial charge in [-0.15, -0.1) is 0 Å². The number of hydrogen-bond donors (Lipinski definition) is 3. The minimum Gasteiger partial charge on any atom is -0.476 e. The van der Waals surface area contributed by atoms with Crippen LogP contribution < -0.4 is 20.6 Å². The smallest absolute Gasteiger partial charge is 0.322 e. The zero-order valence-corrected chi connectivity index (χ0v) is 20.8. The Bertz CT molecular complexity index is 1000. The van der Waals surface area contributed by atoms with Crippen molar-refractivity contribution in [2.24, 2.45) is 0 Å². The van der Waals surface area contributed by atoms with Crippen molar-refractivity contribution < 1.29 is 33.1 Å². The Labute approximate surface area is 197 Å². The average Bonchev–Trinajstić information content (AvgIpc) is 3.21. The van der Waals surface area contributed by atoms with Crippen molar-refractivity contribution in [1.29, 1.82) is 0 Å². The van der Waals surface area contributed by atoms with Crippen LogP contribution in [0, 0.1) is 0 Å². The van der Waals surface area contributed by atoms with Crippen LogP contribution in [-0.2, 0) is 34.9 Å². The van der Waals surface area contributed by atoms with Gasteiger partial charge in [-0.3, -0.25) is 14.2 Å². The number of carbonyl (C=O) groups excluding carboxylic acids is 2. The number of imidazole rings is 1. The van der Waals surface area contributed by atoms with Crippen molar-refractivity contribution in [2.45, 2.75) is 45.8 Å². The minimum atomic E-state index is -3.56. The molecule has 0 aliphatic rings. The number of esters is 2. The van der Waals surface area contributed by atoms with Gasteiger partial charge in [-0.2, -0.15) is 9.97 Å². The quantitative estimate of drug-likeness (QED) is 0.187. The molecule has 2 aromatic heterocycles. The Morgan fingerprint density at radius 3 is 2.29 bits per heavy atom. The van der Waals surface area contributed by atoms with E-state index in [0.29, 0.717) is 30.2 Å². The average molecular weight is 501 g/mol. The highest BCUT2D eigenvalue weighted by Gasteiger charge is 2.31.